The van der Waals surface area contributed by atoms with Crippen LogP contribution in [0, 0.1) is 0 Å². The molecule has 1 saturated carbocycles. The molecular formula is C14H20BrN3O. The van der Waals surface area contributed by atoms with Crippen LogP contribution in [-0.4, -0.2) is 18.5 Å². The molecule has 1 fully saturated rings. The molecule has 0 aliphatic heterocycles. The maximum Gasteiger partial charge on any atom is 0.236 e. The van der Waals surface area contributed by atoms with Crippen molar-refractivity contribution in [2.45, 2.75) is 38.3 Å². The lowest BCUT2D eigenvalue weighted by atomic mass is 10.1. The minimum atomic E-state index is -0.290. The highest BCUT2D eigenvalue weighted by Gasteiger charge is 2.25. The summed E-state index contributed by atoms with van der Waals surface area (Å²) < 4.78 is 0.976. The van der Waals surface area contributed by atoms with E-state index in [2.05, 4.69) is 20.8 Å². The summed E-state index contributed by atoms with van der Waals surface area (Å²) >= 11 is 3.58. The van der Waals surface area contributed by atoms with E-state index in [1.54, 1.807) is 0 Å². The maximum atomic E-state index is 11.3. The number of halogens is 1. The van der Waals surface area contributed by atoms with Crippen LogP contribution in [0.2, 0.25) is 0 Å². The third-order valence-corrected chi connectivity index (χ3v) is 4.28. The van der Waals surface area contributed by atoms with Gasteiger partial charge >= 0.3 is 0 Å². The lowest BCUT2D eigenvalue weighted by molar-refractivity contribution is -0.116. The molecule has 0 spiro atoms. The summed E-state index contributed by atoms with van der Waals surface area (Å²) in [5, 5.41) is 0. The molecule has 1 aliphatic rings. The molecule has 1 aromatic carbocycles. The largest absolute Gasteiger partial charge is 0.368 e. The highest BCUT2D eigenvalue weighted by molar-refractivity contribution is 9.10. The molecule has 0 bridgehead atoms. The van der Waals surface area contributed by atoms with Crippen molar-refractivity contribution in [3.05, 3.63) is 28.2 Å². The van der Waals surface area contributed by atoms with Gasteiger partial charge in [0, 0.05) is 17.1 Å². The van der Waals surface area contributed by atoms with Crippen molar-refractivity contribution < 1.29 is 4.79 Å². The van der Waals surface area contributed by atoms with Crippen molar-refractivity contribution in [3.8, 4) is 0 Å². The molecular weight excluding hydrogens is 306 g/mol. The summed E-state index contributed by atoms with van der Waals surface area (Å²) in [5.41, 5.74) is 13.1. The van der Waals surface area contributed by atoms with Crippen LogP contribution in [0.3, 0.4) is 0 Å². The molecule has 0 saturated heterocycles. The third-order valence-electron chi connectivity index (χ3n) is 3.65. The van der Waals surface area contributed by atoms with E-state index in [4.69, 9.17) is 11.5 Å². The van der Waals surface area contributed by atoms with Gasteiger partial charge in [0.2, 0.25) is 5.91 Å². The van der Waals surface area contributed by atoms with E-state index >= 15 is 0 Å². The van der Waals surface area contributed by atoms with Crippen molar-refractivity contribution in [2.75, 3.05) is 11.4 Å². The van der Waals surface area contributed by atoms with Crippen LogP contribution in [0.5, 0.6) is 0 Å². The van der Waals surface area contributed by atoms with Crippen LogP contribution in [-0.2, 0) is 11.3 Å². The van der Waals surface area contributed by atoms with Crippen LogP contribution < -0.4 is 16.4 Å². The first kappa shape index (κ1) is 14.3. The van der Waals surface area contributed by atoms with Crippen molar-refractivity contribution in [1.82, 2.24) is 0 Å². The van der Waals surface area contributed by atoms with E-state index < -0.39 is 0 Å². The van der Waals surface area contributed by atoms with Gasteiger partial charge in [-0.15, -0.1) is 0 Å². The molecule has 0 heterocycles. The predicted molar refractivity (Wildman–Crippen MR) is 80.8 cm³/mol. The summed E-state index contributed by atoms with van der Waals surface area (Å²) in [7, 11) is 0. The number of primary amides is 1. The minimum absolute atomic E-state index is 0.269. The van der Waals surface area contributed by atoms with Gasteiger partial charge < -0.3 is 16.4 Å². The van der Waals surface area contributed by atoms with Gasteiger partial charge in [0.1, 0.15) is 0 Å². The van der Waals surface area contributed by atoms with E-state index in [0.29, 0.717) is 12.6 Å². The van der Waals surface area contributed by atoms with Crippen molar-refractivity contribution in [1.29, 1.82) is 0 Å². The van der Waals surface area contributed by atoms with E-state index in [9.17, 15) is 4.79 Å². The first-order valence-corrected chi connectivity index (χ1v) is 7.44. The van der Waals surface area contributed by atoms with Crippen LogP contribution in [0.4, 0.5) is 5.69 Å². The highest BCUT2D eigenvalue weighted by atomic mass is 79.9. The fourth-order valence-electron chi connectivity index (χ4n) is 2.71. The Morgan fingerprint density at radius 2 is 2.05 bits per heavy atom. The smallest absolute Gasteiger partial charge is 0.236 e. The Morgan fingerprint density at radius 3 is 2.58 bits per heavy atom. The average molecular weight is 326 g/mol. The monoisotopic (exact) mass is 325 g/mol. The molecule has 0 aromatic heterocycles. The summed E-state index contributed by atoms with van der Waals surface area (Å²) in [6.45, 7) is 0.781. The van der Waals surface area contributed by atoms with Crippen LogP contribution >= 0.6 is 15.9 Å². The average Bonchev–Trinajstić information content (AvgIpc) is 2.89. The predicted octanol–water partition coefficient (Wildman–Crippen LogP) is 2.14. The topological polar surface area (TPSA) is 72.3 Å². The van der Waals surface area contributed by atoms with Crippen molar-refractivity contribution >= 4 is 27.5 Å². The summed E-state index contributed by atoms with van der Waals surface area (Å²) in [6, 6.07) is 6.45. The van der Waals surface area contributed by atoms with Gasteiger partial charge in [-0.1, -0.05) is 18.9 Å². The second-order valence-corrected chi connectivity index (χ2v) is 5.88. The van der Waals surface area contributed by atoms with E-state index in [1.165, 1.54) is 12.8 Å². The number of rotatable bonds is 5. The lowest BCUT2D eigenvalue weighted by Crippen LogP contribution is -2.40. The van der Waals surface area contributed by atoms with E-state index in [-0.39, 0.29) is 12.5 Å². The number of benzene rings is 1. The van der Waals surface area contributed by atoms with Gasteiger partial charge in [-0.25, -0.2) is 0 Å². The maximum absolute atomic E-state index is 11.3. The normalized spacial score (nSPS) is 15.7. The molecule has 0 radical (unpaired) electrons. The SMILES string of the molecule is NCc1ccc(N(CC(N)=O)C2CCCC2)c(Br)c1. The van der Waals surface area contributed by atoms with E-state index in [1.807, 2.05) is 18.2 Å². The fourth-order valence-corrected chi connectivity index (χ4v) is 3.36. The molecule has 1 aromatic rings. The number of anilines is 1. The van der Waals surface area contributed by atoms with Gasteiger partial charge in [0.25, 0.3) is 0 Å². The Balaban J connectivity index is 2.28. The third kappa shape index (κ3) is 3.48. The highest BCUT2D eigenvalue weighted by Crippen LogP contribution is 2.33. The second kappa shape index (κ2) is 6.39. The van der Waals surface area contributed by atoms with Crippen molar-refractivity contribution in [3.63, 3.8) is 0 Å². The molecule has 0 atom stereocenters. The molecule has 5 heteroatoms. The lowest BCUT2D eigenvalue weighted by Gasteiger charge is -2.31. The Bertz CT molecular complexity index is 458. The standard InChI is InChI=1S/C14H20BrN3O/c15-12-7-10(8-16)5-6-13(12)18(9-14(17)19)11-3-1-2-4-11/h5-7,11H,1-4,8-9,16H2,(H2,17,19). The molecule has 0 unspecified atom stereocenters. The molecule has 4 N–H and O–H groups in total. The molecule has 2 rings (SSSR count). The van der Waals surface area contributed by atoms with Gasteiger partial charge in [-0.3, -0.25) is 4.79 Å². The van der Waals surface area contributed by atoms with Crippen LogP contribution in [0.15, 0.2) is 22.7 Å². The zero-order chi connectivity index (χ0) is 13.8. The van der Waals surface area contributed by atoms with Gasteiger partial charge in [0.15, 0.2) is 0 Å². The Morgan fingerprint density at radius 1 is 1.37 bits per heavy atom. The Labute approximate surface area is 122 Å². The first-order chi connectivity index (χ1) is 9.11. The molecule has 4 nitrogen and oxygen atoms in total. The number of amides is 1. The fraction of sp³-hybridized carbons (Fsp3) is 0.500. The quantitative estimate of drug-likeness (QED) is 0.871. The zero-order valence-electron chi connectivity index (χ0n) is 10.9. The molecule has 1 amide bonds. The van der Waals surface area contributed by atoms with Gasteiger partial charge in [0.05, 0.1) is 12.2 Å². The van der Waals surface area contributed by atoms with Crippen molar-refractivity contribution in [2.24, 2.45) is 11.5 Å². The minimum Gasteiger partial charge on any atom is -0.368 e. The number of nitrogens with zero attached hydrogens (tertiary/aromatic N) is 1. The number of carbonyl (C=O) groups is 1. The second-order valence-electron chi connectivity index (χ2n) is 5.02. The van der Waals surface area contributed by atoms with E-state index in [0.717, 1.165) is 28.6 Å². The molecule has 19 heavy (non-hydrogen) atoms. The summed E-state index contributed by atoms with van der Waals surface area (Å²) in [5.74, 6) is -0.290. The zero-order valence-corrected chi connectivity index (χ0v) is 12.5. The number of carbonyl (C=O) groups excluding carboxylic acids is 1. The summed E-state index contributed by atoms with van der Waals surface area (Å²) in [6.07, 6.45) is 4.69. The Hall–Kier alpha value is -1.07. The van der Waals surface area contributed by atoms with Gasteiger partial charge in [-0.2, -0.15) is 0 Å². The first-order valence-electron chi connectivity index (χ1n) is 6.65. The number of hydrogen-bond acceptors (Lipinski definition) is 3. The number of nitrogens with two attached hydrogens (primary N) is 2. The van der Waals surface area contributed by atoms with Gasteiger partial charge in [-0.05, 0) is 46.5 Å². The van der Waals surface area contributed by atoms with Crippen LogP contribution in [0.1, 0.15) is 31.2 Å². The Kier molecular flexibility index (Phi) is 4.82. The van der Waals surface area contributed by atoms with Crippen LogP contribution in [0.25, 0.3) is 0 Å². The summed E-state index contributed by atoms with van der Waals surface area (Å²) in [4.78, 5) is 13.4. The molecule has 104 valence electrons. The molecule has 1 aliphatic carbocycles. The number of hydrogen-bond donors (Lipinski definition) is 2.